The first-order valence-electron chi connectivity index (χ1n) is 12.4. The summed E-state index contributed by atoms with van der Waals surface area (Å²) in [6.45, 7) is 7.73. The summed E-state index contributed by atoms with van der Waals surface area (Å²) in [6, 6.07) is 11.5. The molecule has 2 heterocycles. The molecule has 1 aliphatic heterocycles. The minimum absolute atomic E-state index is 0.0137. The Morgan fingerprint density at radius 2 is 1.97 bits per heavy atom. The summed E-state index contributed by atoms with van der Waals surface area (Å²) in [7, 11) is 0. The number of aryl methyl sites for hydroxylation is 1. The van der Waals surface area contributed by atoms with Crippen molar-refractivity contribution < 1.29 is 4.74 Å². The Hall–Kier alpha value is -3.27. The summed E-state index contributed by atoms with van der Waals surface area (Å²) in [4.78, 5) is 20.6. The molecular formula is C29H31ClN4O2. The normalized spacial score (nSPS) is 18.2. The Labute approximate surface area is 217 Å². The molecule has 0 unspecified atom stereocenters. The highest BCUT2D eigenvalue weighted by Crippen LogP contribution is 2.51. The highest BCUT2D eigenvalue weighted by molar-refractivity contribution is 6.32. The smallest absolute Gasteiger partial charge is 0.263 e. The van der Waals surface area contributed by atoms with Crippen molar-refractivity contribution in [3.8, 4) is 23.8 Å². The number of anilines is 1. The van der Waals surface area contributed by atoms with Gasteiger partial charge >= 0.3 is 0 Å². The van der Waals surface area contributed by atoms with Crippen LogP contribution >= 0.6 is 11.6 Å². The Balaban J connectivity index is 1.40. The van der Waals surface area contributed by atoms with Gasteiger partial charge in [-0.1, -0.05) is 23.6 Å². The molecule has 1 aromatic heterocycles. The van der Waals surface area contributed by atoms with Gasteiger partial charge in [-0.05, 0) is 80.8 Å². The third kappa shape index (κ3) is 3.97. The van der Waals surface area contributed by atoms with Gasteiger partial charge in [-0.15, -0.1) is 6.42 Å². The number of fused-ring (bicyclic) bond motifs is 1. The number of nitrogens with two attached hydrogens (primary N) is 1. The van der Waals surface area contributed by atoms with E-state index in [4.69, 9.17) is 33.5 Å². The van der Waals surface area contributed by atoms with E-state index in [-0.39, 0.29) is 17.0 Å². The second kappa shape index (κ2) is 9.31. The second-order valence-corrected chi connectivity index (χ2v) is 10.3. The molecule has 5 rings (SSSR count). The predicted molar refractivity (Wildman–Crippen MR) is 144 cm³/mol. The lowest BCUT2D eigenvalue weighted by molar-refractivity contribution is 0.187. The fourth-order valence-corrected chi connectivity index (χ4v) is 6.08. The van der Waals surface area contributed by atoms with Crippen LogP contribution in [0.25, 0.3) is 5.69 Å². The molecule has 186 valence electrons. The lowest BCUT2D eigenvalue weighted by Crippen LogP contribution is -2.45. The fourth-order valence-electron chi connectivity index (χ4n) is 5.82. The second-order valence-electron chi connectivity index (χ2n) is 9.86. The Kier molecular flexibility index (Phi) is 6.32. The van der Waals surface area contributed by atoms with E-state index in [9.17, 15) is 4.79 Å². The van der Waals surface area contributed by atoms with Crippen molar-refractivity contribution in [1.82, 2.24) is 9.55 Å². The standard InChI is InChI=1S/C29H31ClN4O2/c1-5-20-7-8-21-17-29(26(31)23(21)15-20)11-13-33(14-12-29)27-18(3)28(35)34(19(4)32-27)25-10-9-22(36-6-2)16-24(25)30/h1,7-10,15-16,26H,6,11-14,17,31H2,2-4H3/t26-/m1/s1. The number of halogens is 1. The monoisotopic (exact) mass is 502 g/mol. The minimum Gasteiger partial charge on any atom is -0.494 e. The zero-order chi connectivity index (χ0) is 25.6. The molecule has 0 bridgehead atoms. The van der Waals surface area contributed by atoms with Gasteiger partial charge in [-0.2, -0.15) is 0 Å². The van der Waals surface area contributed by atoms with Crippen LogP contribution in [-0.2, 0) is 6.42 Å². The molecule has 1 atom stereocenters. The molecule has 6 nitrogen and oxygen atoms in total. The van der Waals surface area contributed by atoms with Gasteiger partial charge in [0.1, 0.15) is 17.4 Å². The number of aromatic nitrogens is 2. The topological polar surface area (TPSA) is 73.4 Å². The van der Waals surface area contributed by atoms with Gasteiger partial charge in [0.15, 0.2) is 0 Å². The number of piperidine rings is 1. The third-order valence-corrected chi connectivity index (χ3v) is 8.13. The summed E-state index contributed by atoms with van der Waals surface area (Å²) < 4.78 is 7.11. The number of hydrogen-bond donors (Lipinski definition) is 1. The van der Waals surface area contributed by atoms with Crippen molar-refractivity contribution in [2.75, 3.05) is 24.6 Å². The van der Waals surface area contributed by atoms with Gasteiger partial charge < -0.3 is 15.4 Å². The average molecular weight is 503 g/mol. The van der Waals surface area contributed by atoms with Crippen LogP contribution in [0.3, 0.4) is 0 Å². The van der Waals surface area contributed by atoms with Crippen molar-refractivity contribution in [2.45, 2.75) is 46.1 Å². The van der Waals surface area contributed by atoms with Crippen molar-refractivity contribution >= 4 is 17.4 Å². The van der Waals surface area contributed by atoms with Crippen molar-refractivity contribution in [2.24, 2.45) is 11.1 Å². The van der Waals surface area contributed by atoms with Gasteiger partial charge in [0.2, 0.25) is 0 Å². The van der Waals surface area contributed by atoms with E-state index in [2.05, 4.69) is 23.0 Å². The van der Waals surface area contributed by atoms with Gasteiger partial charge in [0.05, 0.1) is 22.9 Å². The van der Waals surface area contributed by atoms with Crippen LogP contribution in [0.4, 0.5) is 5.82 Å². The molecule has 2 N–H and O–H groups in total. The lowest BCUT2D eigenvalue weighted by Gasteiger charge is -2.43. The van der Waals surface area contributed by atoms with Crippen LogP contribution in [-0.4, -0.2) is 29.2 Å². The van der Waals surface area contributed by atoms with Crippen molar-refractivity contribution in [3.63, 3.8) is 0 Å². The summed E-state index contributed by atoms with van der Waals surface area (Å²) in [5.74, 6) is 4.73. The molecule has 0 amide bonds. The number of ether oxygens (including phenoxy) is 1. The Morgan fingerprint density at radius 1 is 1.22 bits per heavy atom. The van der Waals surface area contributed by atoms with Gasteiger partial charge in [-0.3, -0.25) is 9.36 Å². The van der Waals surface area contributed by atoms with Crippen LogP contribution in [0.2, 0.25) is 5.02 Å². The SMILES string of the molecule is C#Cc1ccc2c(c1)[C@@H](N)C1(CCN(c3nc(C)n(-c4ccc(OCC)cc4Cl)c(=O)c3C)CC1)C2. The van der Waals surface area contributed by atoms with Gasteiger partial charge in [0, 0.05) is 30.8 Å². The highest BCUT2D eigenvalue weighted by Gasteiger charge is 2.46. The molecule has 7 heteroatoms. The number of rotatable bonds is 4. The number of nitrogens with zero attached hydrogens (tertiary/aromatic N) is 3. The molecule has 0 radical (unpaired) electrons. The summed E-state index contributed by atoms with van der Waals surface area (Å²) >= 11 is 6.52. The number of benzene rings is 2. The van der Waals surface area contributed by atoms with Crippen LogP contribution in [0.1, 0.15) is 53.9 Å². The molecule has 1 fully saturated rings. The molecule has 36 heavy (non-hydrogen) atoms. The molecule has 0 saturated carbocycles. The van der Waals surface area contributed by atoms with Crippen LogP contribution in [0.5, 0.6) is 5.75 Å². The summed E-state index contributed by atoms with van der Waals surface area (Å²) in [6.07, 6.45) is 8.44. The number of hydrogen-bond acceptors (Lipinski definition) is 5. The Bertz CT molecular complexity index is 1430. The lowest BCUT2D eigenvalue weighted by atomic mass is 9.73. The quantitative estimate of drug-likeness (QED) is 0.522. The molecule has 2 aromatic carbocycles. The van der Waals surface area contributed by atoms with E-state index >= 15 is 0 Å². The minimum atomic E-state index is -0.115. The maximum Gasteiger partial charge on any atom is 0.263 e. The first-order chi connectivity index (χ1) is 17.3. The maximum atomic E-state index is 13.5. The first kappa shape index (κ1) is 24.4. The van der Waals surface area contributed by atoms with Crippen LogP contribution in [0, 0.1) is 31.6 Å². The highest BCUT2D eigenvalue weighted by atomic mass is 35.5. The van der Waals surface area contributed by atoms with E-state index < -0.39 is 0 Å². The zero-order valence-corrected chi connectivity index (χ0v) is 21.7. The zero-order valence-electron chi connectivity index (χ0n) is 21.0. The van der Waals surface area contributed by atoms with E-state index in [1.807, 2.05) is 32.9 Å². The molecule has 1 saturated heterocycles. The van der Waals surface area contributed by atoms with Gasteiger partial charge in [-0.25, -0.2) is 4.98 Å². The van der Waals surface area contributed by atoms with Crippen molar-refractivity contribution in [3.05, 3.63) is 79.9 Å². The average Bonchev–Trinajstić information content (AvgIpc) is 3.14. The van der Waals surface area contributed by atoms with Crippen LogP contribution < -0.4 is 20.9 Å². The van der Waals surface area contributed by atoms with E-state index in [1.54, 1.807) is 16.7 Å². The van der Waals surface area contributed by atoms with E-state index in [1.165, 1.54) is 11.1 Å². The number of terminal acetylenes is 1. The van der Waals surface area contributed by atoms with Crippen molar-refractivity contribution in [1.29, 1.82) is 0 Å². The molecule has 1 aliphatic carbocycles. The summed E-state index contributed by atoms with van der Waals surface area (Å²) in [5, 5.41) is 0.447. The van der Waals surface area contributed by atoms with Gasteiger partial charge in [0.25, 0.3) is 5.56 Å². The molecule has 1 spiro atoms. The fraction of sp³-hybridized carbons (Fsp3) is 0.379. The summed E-state index contributed by atoms with van der Waals surface area (Å²) in [5.41, 5.74) is 11.3. The molecule has 2 aliphatic rings. The van der Waals surface area contributed by atoms with E-state index in [0.29, 0.717) is 34.5 Å². The molecule has 3 aromatic rings. The third-order valence-electron chi connectivity index (χ3n) is 7.83. The first-order valence-corrected chi connectivity index (χ1v) is 12.8. The maximum absolute atomic E-state index is 13.5. The van der Waals surface area contributed by atoms with E-state index in [0.717, 1.165) is 43.7 Å². The van der Waals surface area contributed by atoms with Crippen LogP contribution in [0.15, 0.2) is 41.2 Å². The molecular weight excluding hydrogens is 472 g/mol. The predicted octanol–water partition coefficient (Wildman–Crippen LogP) is 4.73. The largest absolute Gasteiger partial charge is 0.494 e. The Morgan fingerprint density at radius 3 is 2.64 bits per heavy atom.